The summed E-state index contributed by atoms with van der Waals surface area (Å²) in [5.74, 6) is 0.560. The third-order valence-electron chi connectivity index (χ3n) is 3.31. The molecule has 2 N–H and O–H groups in total. The minimum Gasteiger partial charge on any atom is -0.338 e. The number of nitrogens with one attached hydrogen (secondary N) is 2. The number of amides is 2. The molecule has 1 saturated carbocycles. The Morgan fingerprint density at radius 3 is 2.70 bits per heavy atom. The Morgan fingerprint density at radius 1 is 1.40 bits per heavy atom. The molecule has 0 saturated heterocycles. The van der Waals surface area contributed by atoms with E-state index < -0.39 is 17.8 Å². The lowest BCUT2D eigenvalue weighted by atomic mass is 10.1. The summed E-state index contributed by atoms with van der Waals surface area (Å²) in [6, 6.07) is 4.17. The third-order valence-corrected chi connectivity index (χ3v) is 3.31. The van der Waals surface area contributed by atoms with Crippen molar-refractivity contribution < 1.29 is 18.0 Å². The Labute approximate surface area is 115 Å². The molecule has 110 valence electrons. The van der Waals surface area contributed by atoms with Crippen LogP contribution in [-0.2, 0) is 6.18 Å². The predicted octanol–water partition coefficient (Wildman–Crippen LogP) is 3.48. The minimum atomic E-state index is -4.37. The molecule has 1 fully saturated rings. The summed E-state index contributed by atoms with van der Waals surface area (Å²) in [4.78, 5) is 11.6. The summed E-state index contributed by atoms with van der Waals surface area (Å²) in [7, 11) is 0. The summed E-state index contributed by atoms with van der Waals surface area (Å²) in [5, 5.41) is 5.36. The smallest absolute Gasteiger partial charge is 0.338 e. The number of urea groups is 1. The van der Waals surface area contributed by atoms with Crippen molar-refractivity contribution in [1.82, 2.24) is 10.6 Å². The molecule has 2 amide bonds. The van der Waals surface area contributed by atoms with E-state index in [-0.39, 0.29) is 6.03 Å². The zero-order chi connectivity index (χ0) is 14.8. The average molecular weight is 286 g/mol. The topological polar surface area (TPSA) is 41.1 Å². The van der Waals surface area contributed by atoms with Gasteiger partial charge in [-0.05, 0) is 43.4 Å². The first-order valence-corrected chi connectivity index (χ1v) is 6.58. The predicted molar refractivity (Wildman–Crippen MR) is 69.1 cm³/mol. The van der Waals surface area contributed by atoms with E-state index in [9.17, 15) is 18.0 Å². The van der Waals surface area contributed by atoms with Gasteiger partial charge in [0.1, 0.15) is 0 Å². The first kappa shape index (κ1) is 14.7. The normalized spacial score (nSPS) is 16.6. The number of halogens is 3. The first-order chi connectivity index (χ1) is 9.36. The fraction of sp³-hybridized carbons (Fsp3) is 0.500. The largest absolute Gasteiger partial charge is 0.416 e. The Morgan fingerprint density at radius 2 is 2.10 bits per heavy atom. The molecule has 0 bridgehead atoms. The van der Waals surface area contributed by atoms with Crippen LogP contribution in [0.1, 0.15) is 36.9 Å². The van der Waals surface area contributed by atoms with Gasteiger partial charge >= 0.3 is 12.2 Å². The molecular weight excluding hydrogens is 269 g/mol. The van der Waals surface area contributed by atoms with Crippen molar-refractivity contribution >= 4 is 6.03 Å². The zero-order valence-corrected chi connectivity index (χ0v) is 11.1. The summed E-state index contributed by atoms with van der Waals surface area (Å²) in [6.07, 6.45) is -2.11. The van der Waals surface area contributed by atoms with E-state index in [4.69, 9.17) is 0 Å². The molecule has 1 aliphatic rings. The SMILES string of the molecule is C[C@H](NC(=O)NCC1CC1)c1cccc(C(F)(F)F)c1. The second-order valence-corrected chi connectivity index (χ2v) is 5.14. The molecule has 1 atom stereocenters. The summed E-state index contributed by atoms with van der Waals surface area (Å²) >= 11 is 0. The van der Waals surface area contributed by atoms with Gasteiger partial charge in [0, 0.05) is 6.54 Å². The summed E-state index contributed by atoms with van der Waals surface area (Å²) in [6.45, 7) is 2.29. The highest BCUT2D eigenvalue weighted by atomic mass is 19.4. The van der Waals surface area contributed by atoms with Crippen molar-refractivity contribution in [3.63, 3.8) is 0 Å². The van der Waals surface area contributed by atoms with Crippen LogP contribution in [0.4, 0.5) is 18.0 Å². The molecule has 6 heteroatoms. The third kappa shape index (κ3) is 4.15. The van der Waals surface area contributed by atoms with E-state index in [1.54, 1.807) is 13.0 Å². The molecule has 0 aromatic heterocycles. The van der Waals surface area contributed by atoms with Crippen LogP contribution in [-0.4, -0.2) is 12.6 Å². The second kappa shape index (κ2) is 5.73. The molecule has 0 aliphatic heterocycles. The van der Waals surface area contributed by atoms with Gasteiger partial charge in [-0.3, -0.25) is 0 Å². The highest BCUT2D eigenvalue weighted by molar-refractivity contribution is 5.74. The van der Waals surface area contributed by atoms with E-state index in [0.29, 0.717) is 18.0 Å². The molecule has 1 aliphatic carbocycles. The average Bonchev–Trinajstić information content (AvgIpc) is 3.19. The van der Waals surface area contributed by atoms with E-state index in [2.05, 4.69) is 10.6 Å². The van der Waals surface area contributed by atoms with Crippen LogP contribution in [0.15, 0.2) is 24.3 Å². The maximum atomic E-state index is 12.6. The summed E-state index contributed by atoms with van der Waals surface area (Å²) in [5.41, 5.74) is -0.275. The Bertz CT molecular complexity index is 484. The van der Waals surface area contributed by atoms with Crippen molar-refractivity contribution in [3.05, 3.63) is 35.4 Å². The highest BCUT2D eigenvalue weighted by Gasteiger charge is 2.30. The lowest BCUT2D eigenvalue weighted by Gasteiger charge is -2.16. The Balaban J connectivity index is 1.93. The monoisotopic (exact) mass is 286 g/mol. The van der Waals surface area contributed by atoms with Gasteiger partial charge in [-0.1, -0.05) is 12.1 Å². The molecule has 3 nitrogen and oxygen atoms in total. The molecule has 0 heterocycles. The fourth-order valence-electron chi connectivity index (χ4n) is 1.87. The lowest BCUT2D eigenvalue weighted by Crippen LogP contribution is -2.38. The number of alkyl halides is 3. The fourth-order valence-corrected chi connectivity index (χ4v) is 1.87. The maximum Gasteiger partial charge on any atom is 0.416 e. The Hall–Kier alpha value is -1.72. The van der Waals surface area contributed by atoms with Crippen LogP contribution in [0.25, 0.3) is 0 Å². The highest BCUT2D eigenvalue weighted by Crippen LogP contribution is 2.30. The number of benzene rings is 1. The van der Waals surface area contributed by atoms with Gasteiger partial charge in [-0.25, -0.2) is 4.79 Å². The summed E-state index contributed by atoms with van der Waals surface area (Å²) < 4.78 is 37.8. The van der Waals surface area contributed by atoms with Gasteiger partial charge in [-0.2, -0.15) is 13.2 Å². The number of carbonyl (C=O) groups is 1. The van der Waals surface area contributed by atoms with Crippen molar-refractivity contribution in [2.24, 2.45) is 5.92 Å². The van der Waals surface area contributed by atoms with Gasteiger partial charge in [-0.15, -0.1) is 0 Å². The van der Waals surface area contributed by atoms with Crippen molar-refractivity contribution in [2.45, 2.75) is 32.0 Å². The second-order valence-electron chi connectivity index (χ2n) is 5.14. The van der Waals surface area contributed by atoms with Gasteiger partial charge in [0.15, 0.2) is 0 Å². The van der Waals surface area contributed by atoms with E-state index in [1.807, 2.05) is 0 Å². The van der Waals surface area contributed by atoms with Gasteiger partial charge in [0.25, 0.3) is 0 Å². The van der Waals surface area contributed by atoms with Gasteiger partial charge in [0.05, 0.1) is 11.6 Å². The van der Waals surface area contributed by atoms with Crippen molar-refractivity contribution in [2.75, 3.05) is 6.54 Å². The minimum absolute atomic E-state index is 0.346. The maximum absolute atomic E-state index is 12.6. The van der Waals surface area contributed by atoms with Gasteiger partial charge < -0.3 is 10.6 Å². The van der Waals surface area contributed by atoms with Crippen molar-refractivity contribution in [1.29, 1.82) is 0 Å². The van der Waals surface area contributed by atoms with Gasteiger partial charge in [0.2, 0.25) is 0 Å². The van der Waals surface area contributed by atoms with Crippen LogP contribution in [0.5, 0.6) is 0 Å². The quantitative estimate of drug-likeness (QED) is 0.874. The Kier molecular flexibility index (Phi) is 4.20. The van der Waals surface area contributed by atoms with Crippen LogP contribution in [0.2, 0.25) is 0 Å². The van der Waals surface area contributed by atoms with E-state index in [1.165, 1.54) is 6.07 Å². The van der Waals surface area contributed by atoms with E-state index in [0.717, 1.165) is 25.0 Å². The first-order valence-electron chi connectivity index (χ1n) is 6.58. The molecule has 20 heavy (non-hydrogen) atoms. The standard InChI is InChI=1S/C14H17F3N2O/c1-9(19-13(20)18-8-10-5-6-10)11-3-2-4-12(7-11)14(15,16)17/h2-4,7,9-10H,5-6,8H2,1H3,(H2,18,19,20)/t9-/m0/s1. The van der Waals surface area contributed by atoms with Crippen LogP contribution >= 0.6 is 0 Å². The number of rotatable bonds is 4. The van der Waals surface area contributed by atoms with Crippen LogP contribution in [0.3, 0.4) is 0 Å². The van der Waals surface area contributed by atoms with E-state index >= 15 is 0 Å². The zero-order valence-electron chi connectivity index (χ0n) is 11.1. The number of hydrogen-bond donors (Lipinski definition) is 2. The number of hydrogen-bond acceptors (Lipinski definition) is 1. The molecule has 1 aromatic carbocycles. The molecule has 1 aromatic rings. The molecule has 0 radical (unpaired) electrons. The van der Waals surface area contributed by atoms with Crippen molar-refractivity contribution in [3.8, 4) is 0 Å². The van der Waals surface area contributed by atoms with Crippen LogP contribution < -0.4 is 10.6 Å². The molecule has 2 rings (SSSR count). The lowest BCUT2D eigenvalue weighted by molar-refractivity contribution is -0.137. The van der Waals surface area contributed by atoms with Crippen LogP contribution in [0, 0.1) is 5.92 Å². The molecule has 0 spiro atoms. The molecular formula is C14H17F3N2O. The molecule has 0 unspecified atom stereocenters. The number of carbonyl (C=O) groups excluding carboxylic acids is 1.